The molecule has 2 aromatic carbocycles. The Bertz CT molecular complexity index is 734. The van der Waals surface area contributed by atoms with Crippen LogP contribution in [-0.2, 0) is 0 Å². The Morgan fingerprint density at radius 1 is 1.00 bits per heavy atom. The maximum Gasteiger partial charge on any atom is 0.261 e. The van der Waals surface area contributed by atoms with Crippen LogP contribution >= 0.6 is 0 Å². The van der Waals surface area contributed by atoms with Crippen LogP contribution in [0.25, 0.3) is 0 Å². The van der Waals surface area contributed by atoms with Crippen LogP contribution in [0, 0.1) is 23.3 Å². The second-order valence-electron chi connectivity index (χ2n) is 4.58. The summed E-state index contributed by atoms with van der Waals surface area (Å²) >= 11 is 0. The third-order valence-corrected chi connectivity index (χ3v) is 3.08. The highest BCUT2D eigenvalue weighted by Crippen LogP contribution is 2.30. The molecule has 0 spiro atoms. The number of carbonyl (C=O) groups excluding carboxylic acids is 1. The van der Waals surface area contributed by atoms with Crippen LogP contribution < -0.4 is 14.8 Å². The maximum absolute atomic E-state index is 13.9. The Morgan fingerprint density at radius 3 is 2.00 bits per heavy atom. The van der Waals surface area contributed by atoms with E-state index in [1.807, 2.05) is 0 Å². The van der Waals surface area contributed by atoms with Gasteiger partial charge in [-0.3, -0.25) is 4.79 Å². The number of ether oxygens (including phenoxy) is 2. The molecule has 0 heterocycles. The molecule has 0 bridgehead atoms. The number of benzene rings is 2. The fourth-order valence-electron chi connectivity index (χ4n) is 1.98. The van der Waals surface area contributed by atoms with Crippen LogP contribution in [0.1, 0.15) is 17.3 Å². The Kier molecular flexibility index (Phi) is 5.28. The number of hydrogen-bond acceptors (Lipinski definition) is 3. The van der Waals surface area contributed by atoms with Crippen molar-refractivity contribution in [2.24, 2.45) is 0 Å². The van der Waals surface area contributed by atoms with Crippen molar-refractivity contribution >= 4 is 11.6 Å². The van der Waals surface area contributed by atoms with Crippen LogP contribution in [0.3, 0.4) is 0 Å². The fourth-order valence-corrected chi connectivity index (χ4v) is 1.98. The monoisotopic (exact) mass is 343 g/mol. The van der Waals surface area contributed by atoms with E-state index in [0.717, 1.165) is 7.11 Å². The predicted octanol–water partition coefficient (Wildman–Crippen LogP) is 3.90. The summed E-state index contributed by atoms with van der Waals surface area (Å²) < 4.78 is 64.5. The molecule has 2 aromatic rings. The zero-order valence-electron chi connectivity index (χ0n) is 12.8. The first-order valence-electron chi connectivity index (χ1n) is 6.84. The molecule has 0 unspecified atom stereocenters. The Labute approximate surface area is 135 Å². The lowest BCUT2D eigenvalue weighted by molar-refractivity contribution is 0.101. The molecule has 2 rings (SSSR count). The van der Waals surface area contributed by atoms with E-state index >= 15 is 0 Å². The van der Waals surface area contributed by atoms with Gasteiger partial charge in [-0.05, 0) is 31.2 Å². The van der Waals surface area contributed by atoms with Gasteiger partial charge in [-0.25, -0.2) is 8.78 Å². The number of methoxy groups -OCH3 is 1. The first-order chi connectivity index (χ1) is 11.4. The lowest BCUT2D eigenvalue weighted by Gasteiger charge is -2.11. The minimum atomic E-state index is -1.84. The van der Waals surface area contributed by atoms with Crippen molar-refractivity contribution < 1.29 is 31.8 Å². The summed E-state index contributed by atoms with van der Waals surface area (Å²) in [4.78, 5) is 12.0. The van der Waals surface area contributed by atoms with Gasteiger partial charge in [0.15, 0.2) is 17.4 Å². The number of hydrogen-bond donors (Lipinski definition) is 1. The maximum atomic E-state index is 13.9. The molecule has 8 heteroatoms. The number of anilines is 1. The second kappa shape index (κ2) is 7.20. The summed E-state index contributed by atoms with van der Waals surface area (Å²) in [5, 5.41) is 2.15. The van der Waals surface area contributed by atoms with Crippen molar-refractivity contribution in [1.82, 2.24) is 0 Å². The van der Waals surface area contributed by atoms with Crippen molar-refractivity contribution in [1.29, 1.82) is 0 Å². The number of nitrogens with one attached hydrogen (secondary N) is 1. The van der Waals surface area contributed by atoms with E-state index in [0.29, 0.717) is 12.4 Å². The van der Waals surface area contributed by atoms with E-state index in [-0.39, 0.29) is 5.69 Å². The quantitative estimate of drug-likeness (QED) is 0.662. The second-order valence-corrected chi connectivity index (χ2v) is 4.58. The lowest BCUT2D eigenvalue weighted by atomic mass is 10.1. The number of rotatable bonds is 5. The molecule has 0 fully saturated rings. The molecule has 0 atom stereocenters. The Hall–Kier alpha value is -2.77. The molecule has 4 nitrogen and oxygen atoms in total. The SMILES string of the molecule is CCOc1ccc(NC(=O)c2c(F)c(F)c(OC)c(F)c2F)cc1. The van der Waals surface area contributed by atoms with Gasteiger partial charge in [-0.2, -0.15) is 8.78 Å². The molecule has 0 saturated carbocycles. The van der Waals surface area contributed by atoms with Gasteiger partial charge in [0.25, 0.3) is 5.91 Å². The molecule has 24 heavy (non-hydrogen) atoms. The molecular formula is C16H13F4NO3. The van der Waals surface area contributed by atoms with Crippen molar-refractivity contribution in [3.8, 4) is 11.5 Å². The number of halogens is 4. The summed E-state index contributed by atoms with van der Waals surface area (Å²) in [6.07, 6.45) is 0. The Morgan fingerprint density at radius 2 is 1.54 bits per heavy atom. The van der Waals surface area contributed by atoms with Crippen LogP contribution in [-0.4, -0.2) is 19.6 Å². The summed E-state index contributed by atoms with van der Waals surface area (Å²) in [6, 6.07) is 5.85. The topological polar surface area (TPSA) is 47.6 Å². The van der Waals surface area contributed by atoms with Crippen molar-refractivity contribution in [3.63, 3.8) is 0 Å². The van der Waals surface area contributed by atoms with Gasteiger partial charge in [-0.1, -0.05) is 0 Å². The summed E-state index contributed by atoms with van der Waals surface area (Å²) in [6.45, 7) is 2.22. The summed E-state index contributed by atoms with van der Waals surface area (Å²) in [7, 11) is 0.847. The molecular weight excluding hydrogens is 330 g/mol. The smallest absolute Gasteiger partial charge is 0.261 e. The minimum Gasteiger partial charge on any atom is -0.494 e. The molecule has 0 aliphatic heterocycles. The minimum absolute atomic E-state index is 0.166. The van der Waals surface area contributed by atoms with E-state index in [1.54, 1.807) is 6.92 Å². The first kappa shape index (κ1) is 17.6. The van der Waals surface area contributed by atoms with E-state index in [2.05, 4.69) is 10.1 Å². The number of carbonyl (C=O) groups is 1. The third kappa shape index (κ3) is 3.27. The van der Waals surface area contributed by atoms with E-state index in [1.165, 1.54) is 24.3 Å². The van der Waals surface area contributed by atoms with Crippen molar-refractivity contribution in [3.05, 3.63) is 53.1 Å². The molecule has 1 amide bonds. The van der Waals surface area contributed by atoms with Gasteiger partial charge in [-0.15, -0.1) is 0 Å². The van der Waals surface area contributed by atoms with E-state index in [4.69, 9.17) is 4.74 Å². The largest absolute Gasteiger partial charge is 0.494 e. The zero-order chi connectivity index (χ0) is 17.9. The van der Waals surface area contributed by atoms with Gasteiger partial charge in [0.05, 0.1) is 13.7 Å². The van der Waals surface area contributed by atoms with Gasteiger partial charge in [0, 0.05) is 5.69 Å². The lowest BCUT2D eigenvalue weighted by Crippen LogP contribution is -2.18. The Balaban J connectivity index is 2.33. The van der Waals surface area contributed by atoms with Crippen LogP contribution in [0.15, 0.2) is 24.3 Å². The molecule has 0 aliphatic rings. The molecule has 0 aliphatic carbocycles. The number of amides is 1. The summed E-state index contributed by atoms with van der Waals surface area (Å²) in [5.74, 6) is -9.29. The highest BCUT2D eigenvalue weighted by Gasteiger charge is 2.30. The molecule has 128 valence electrons. The molecule has 0 radical (unpaired) electrons. The zero-order valence-corrected chi connectivity index (χ0v) is 12.8. The molecule has 0 saturated heterocycles. The van der Waals surface area contributed by atoms with Crippen LogP contribution in [0.4, 0.5) is 23.2 Å². The van der Waals surface area contributed by atoms with Gasteiger partial charge < -0.3 is 14.8 Å². The van der Waals surface area contributed by atoms with Crippen LogP contribution in [0.2, 0.25) is 0 Å². The normalized spacial score (nSPS) is 10.4. The fraction of sp³-hybridized carbons (Fsp3) is 0.188. The van der Waals surface area contributed by atoms with Gasteiger partial charge >= 0.3 is 0 Å². The summed E-state index contributed by atoms with van der Waals surface area (Å²) in [5.41, 5.74) is -1.21. The third-order valence-electron chi connectivity index (χ3n) is 3.08. The highest BCUT2D eigenvalue weighted by atomic mass is 19.2. The van der Waals surface area contributed by atoms with Crippen molar-refractivity contribution in [2.75, 3.05) is 19.0 Å². The van der Waals surface area contributed by atoms with E-state index in [9.17, 15) is 22.4 Å². The average molecular weight is 343 g/mol. The van der Waals surface area contributed by atoms with Crippen molar-refractivity contribution in [2.45, 2.75) is 6.92 Å². The van der Waals surface area contributed by atoms with Crippen LogP contribution in [0.5, 0.6) is 11.5 Å². The van der Waals surface area contributed by atoms with Gasteiger partial charge in [0.1, 0.15) is 11.3 Å². The average Bonchev–Trinajstić information content (AvgIpc) is 2.56. The van der Waals surface area contributed by atoms with E-state index < -0.39 is 40.5 Å². The molecule has 1 N–H and O–H groups in total. The standard InChI is InChI=1S/C16H13F4NO3/c1-3-24-9-6-4-8(5-7-9)21-16(22)10-11(17)13(19)15(23-2)14(20)12(10)18/h4-7H,3H2,1-2H3,(H,21,22). The van der Waals surface area contributed by atoms with Gasteiger partial charge in [0.2, 0.25) is 11.6 Å². The molecule has 0 aromatic heterocycles. The first-order valence-corrected chi connectivity index (χ1v) is 6.84. The highest BCUT2D eigenvalue weighted by molar-refractivity contribution is 6.04. The predicted molar refractivity (Wildman–Crippen MR) is 78.4 cm³/mol.